The fourth-order valence-electron chi connectivity index (χ4n) is 2.29. The van der Waals surface area contributed by atoms with Crippen LogP contribution in [0.25, 0.3) is 16.9 Å². The molecule has 0 aliphatic heterocycles. The van der Waals surface area contributed by atoms with Crippen LogP contribution in [-0.4, -0.2) is 16.4 Å². The van der Waals surface area contributed by atoms with E-state index in [1.165, 1.54) is 6.07 Å². The minimum atomic E-state index is -1.49. The average molecular weight is 291 g/mol. The molecule has 0 atom stereocenters. The van der Waals surface area contributed by atoms with Gasteiger partial charge in [0.05, 0.1) is 16.8 Å². The summed E-state index contributed by atoms with van der Waals surface area (Å²) in [5, 5.41) is 2.97. The number of rotatable bonds is 3. The second kappa shape index (κ2) is 5.21. The lowest BCUT2D eigenvalue weighted by Crippen LogP contribution is -2.05. The van der Waals surface area contributed by atoms with Crippen LogP contribution in [0.4, 0.5) is 13.2 Å². The molecule has 1 N–H and O–H groups in total. The number of hydrogen-bond acceptors (Lipinski definition) is 2. The number of halogens is 3. The molecule has 0 fully saturated rings. The van der Waals surface area contributed by atoms with E-state index < -0.39 is 17.5 Å². The third kappa shape index (κ3) is 2.17. The lowest BCUT2D eigenvalue weighted by Gasteiger charge is -2.04. The number of benzene rings is 1. The summed E-state index contributed by atoms with van der Waals surface area (Å²) in [7, 11) is 1.77. The summed E-state index contributed by atoms with van der Waals surface area (Å²) in [5.74, 6) is -3.70. The molecule has 0 radical (unpaired) electrons. The van der Waals surface area contributed by atoms with Crippen LogP contribution in [0.15, 0.2) is 36.5 Å². The van der Waals surface area contributed by atoms with Crippen LogP contribution >= 0.6 is 0 Å². The highest BCUT2D eigenvalue weighted by molar-refractivity contribution is 5.66. The smallest absolute Gasteiger partial charge is 0.195 e. The van der Waals surface area contributed by atoms with Crippen molar-refractivity contribution in [2.45, 2.75) is 6.54 Å². The lowest BCUT2D eigenvalue weighted by atomic mass is 10.2. The highest BCUT2D eigenvalue weighted by Crippen LogP contribution is 2.27. The predicted octanol–water partition coefficient (Wildman–Crippen LogP) is 3.14. The highest BCUT2D eigenvalue weighted by atomic mass is 19.2. The van der Waals surface area contributed by atoms with Crippen molar-refractivity contribution in [1.29, 1.82) is 0 Å². The molecule has 0 aliphatic carbocycles. The van der Waals surface area contributed by atoms with Gasteiger partial charge in [0, 0.05) is 12.7 Å². The maximum Gasteiger partial charge on any atom is 0.195 e. The molecule has 0 amide bonds. The zero-order valence-corrected chi connectivity index (χ0v) is 11.2. The summed E-state index contributed by atoms with van der Waals surface area (Å²) in [4.78, 5) is 4.35. The second-order valence-corrected chi connectivity index (χ2v) is 4.59. The van der Waals surface area contributed by atoms with Crippen LogP contribution < -0.4 is 5.32 Å². The Balaban J connectivity index is 2.28. The molecule has 0 bridgehead atoms. The molecule has 2 heterocycles. The van der Waals surface area contributed by atoms with Gasteiger partial charge in [-0.2, -0.15) is 0 Å². The van der Waals surface area contributed by atoms with E-state index in [1.54, 1.807) is 23.7 Å². The minimum absolute atomic E-state index is 0.0718. The third-order valence-electron chi connectivity index (χ3n) is 3.24. The Kier molecular flexibility index (Phi) is 3.39. The van der Waals surface area contributed by atoms with Gasteiger partial charge in [0.2, 0.25) is 0 Å². The van der Waals surface area contributed by atoms with Gasteiger partial charge < -0.3 is 5.32 Å². The van der Waals surface area contributed by atoms with Crippen molar-refractivity contribution < 1.29 is 13.2 Å². The van der Waals surface area contributed by atoms with Crippen molar-refractivity contribution in [3.8, 4) is 11.4 Å². The van der Waals surface area contributed by atoms with E-state index in [4.69, 9.17) is 0 Å². The van der Waals surface area contributed by atoms with Crippen LogP contribution in [0.5, 0.6) is 0 Å². The lowest BCUT2D eigenvalue weighted by molar-refractivity contribution is 0.448. The zero-order chi connectivity index (χ0) is 15.0. The van der Waals surface area contributed by atoms with Gasteiger partial charge in [-0.3, -0.25) is 4.40 Å². The van der Waals surface area contributed by atoms with Gasteiger partial charge in [-0.1, -0.05) is 6.07 Å². The molecule has 21 heavy (non-hydrogen) atoms. The van der Waals surface area contributed by atoms with Crippen LogP contribution in [0, 0.1) is 17.5 Å². The van der Waals surface area contributed by atoms with Gasteiger partial charge in [-0.25, -0.2) is 18.2 Å². The van der Waals surface area contributed by atoms with Crippen molar-refractivity contribution in [2.24, 2.45) is 0 Å². The van der Waals surface area contributed by atoms with Gasteiger partial charge in [-0.15, -0.1) is 0 Å². The van der Waals surface area contributed by atoms with E-state index in [9.17, 15) is 13.2 Å². The third-order valence-corrected chi connectivity index (χ3v) is 3.24. The first-order valence-corrected chi connectivity index (χ1v) is 6.38. The van der Waals surface area contributed by atoms with Crippen LogP contribution in [0.1, 0.15) is 5.69 Å². The minimum Gasteiger partial charge on any atom is -0.314 e. The number of aromatic nitrogens is 2. The van der Waals surface area contributed by atoms with Crippen LogP contribution in [-0.2, 0) is 6.54 Å². The Morgan fingerprint density at radius 2 is 1.90 bits per heavy atom. The number of nitrogens with zero attached hydrogens (tertiary/aromatic N) is 2. The molecule has 6 heteroatoms. The molecule has 1 aromatic carbocycles. The Morgan fingerprint density at radius 1 is 1.10 bits per heavy atom. The van der Waals surface area contributed by atoms with Crippen molar-refractivity contribution in [2.75, 3.05) is 7.05 Å². The monoisotopic (exact) mass is 291 g/mol. The van der Waals surface area contributed by atoms with Crippen molar-refractivity contribution in [3.05, 3.63) is 59.7 Å². The van der Waals surface area contributed by atoms with Gasteiger partial charge in [0.25, 0.3) is 0 Å². The Labute approximate surface area is 119 Å². The standard InChI is InChI=1S/C15H12F3N3/c1-19-8-11-12-4-2-3-7-21(12)15(20-11)9-5-6-10(16)14(18)13(9)17/h2-7,19H,8H2,1H3. The van der Waals surface area contributed by atoms with E-state index in [0.29, 0.717) is 12.2 Å². The van der Waals surface area contributed by atoms with Gasteiger partial charge in [0.1, 0.15) is 5.82 Å². The average Bonchev–Trinajstić information content (AvgIpc) is 2.85. The predicted molar refractivity (Wildman–Crippen MR) is 73.3 cm³/mol. The van der Waals surface area contributed by atoms with E-state index in [-0.39, 0.29) is 11.4 Å². The van der Waals surface area contributed by atoms with Gasteiger partial charge >= 0.3 is 0 Å². The normalized spacial score (nSPS) is 11.2. The molecule has 3 rings (SSSR count). The SMILES string of the molecule is CNCc1nc(-c2ccc(F)c(F)c2F)n2ccccc12. The first kappa shape index (κ1) is 13.6. The first-order valence-electron chi connectivity index (χ1n) is 6.38. The molecule has 0 saturated heterocycles. The summed E-state index contributed by atoms with van der Waals surface area (Å²) in [6.07, 6.45) is 1.71. The molecule has 0 spiro atoms. The summed E-state index contributed by atoms with van der Waals surface area (Å²) in [5.41, 5.74) is 1.42. The fourth-order valence-corrected chi connectivity index (χ4v) is 2.29. The van der Waals surface area contributed by atoms with E-state index in [0.717, 1.165) is 11.6 Å². The van der Waals surface area contributed by atoms with E-state index in [2.05, 4.69) is 10.3 Å². The summed E-state index contributed by atoms with van der Waals surface area (Å²) in [6.45, 7) is 0.485. The Hall–Kier alpha value is -2.34. The molecule has 108 valence electrons. The molecule has 0 aliphatic rings. The summed E-state index contributed by atoms with van der Waals surface area (Å²) < 4.78 is 42.1. The number of fused-ring (bicyclic) bond motifs is 1. The summed E-state index contributed by atoms with van der Waals surface area (Å²) in [6, 6.07) is 7.52. The molecule has 3 aromatic rings. The van der Waals surface area contributed by atoms with Gasteiger partial charge in [0.15, 0.2) is 17.5 Å². The maximum atomic E-state index is 14.0. The van der Waals surface area contributed by atoms with Crippen LogP contribution in [0.2, 0.25) is 0 Å². The van der Waals surface area contributed by atoms with E-state index in [1.807, 2.05) is 12.1 Å². The number of hydrogen-bond donors (Lipinski definition) is 1. The maximum absolute atomic E-state index is 14.0. The number of imidazole rings is 1. The quantitative estimate of drug-likeness (QED) is 0.751. The van der Waals surface area contributed by atoms with Crippen LogP contribution in [0.3, 0.4) is 0 Å². The largest absolute Gasteiger partial charge is 0.314 e. The molecular formula is C15H12F3N3. The first-order chi connectivity index (χ1) is 10.1. The molecule has 2 aromatic heterocycles. The summed E-state index contributed by atoms with van der Waals surface area (Å²) >= 11 is 0. The fraction of sp³-hybridized carbons (Fsp3) is 0.133. The topological polar surface area (TPSA) is 29.3 Å². The second-order valence-electron chi connectivity index (χ2n) is 4.59. The molecular weight excluding hydrogens is 279 g/mol. The highest BCUT2D eigenvalue weighted by Gasteiger charge is 2.19. The Bertz CT molecular complexity index is 811. The van der Waals surface area contributed by atoms with Crippen molar-refractivity contribution in [1.82, 2.24) is 14.7 Å². The van der Waals surface area contributed by atoms with Crippen molar-refractivity contribution >= 4 is 5.52 Å². The zero-order valence-electron chi connectivity index (χ0n) is 11.2. The number of pyridine rings is 1. The molecule has 0 unspecified atom stereocenters. The Morgan fingerprint density at radius 3 is 2.67 bits per heavy atom. The molecule has 0 saturated carbocycles. The molecule has 3 nitrogen and oxygen atoms in total. The van der Waals surface area contributed by atoms with E-state index >= 15 is 0 Å². The van der Waals surface area contributed by atoms with Gasteiger partial charge in [-0.05, 0) is 31.3 Å². The van der Waals surface area contributed by atoms with Crippen molar-refractivity contribution in [3.63, 3.8) is 0 Å². The number of nitrogens with one attached hydrogen (secondary N) is 1.